The predicted molar refractivity (Wildman–Crippen MR) is 91.0 cm³/mol. The van der Waals surface area contributed by atoms with Crippen LogP contribution < -0.4 is 5.32 Å². The van der Waals surface area contributed by atoms with E-state index in [0.717, 1.165) is 57.7 Å². The molecule has 0 aromatic heterocycles. The van der Waals surface area contributed by atoms with Crippen molar-refractivity contribution in [3.05, 3.63) is 0 Å². The minimum absolute atomic E-state index is 0. The molecule has 1 heterocycles. The first-order chi connectivity index (χ1) is 9.81. The largest absolute Gasteiger partial charge is 0.340 e. The Hall–Kier alpha value is -0.280. The van der Waals surface area contributed by atoms with Gasteiger partial charge in [0.1, 0.15) is 0 Å². The van der Waals surface area contributed by atoms with Crippen LogP contribution in [0.15, 0.2) is 0 Å². The predicted octanol–water partition coefficient (Wildman–Crippen LogP) is 3.76. The normalized spacial score (nSPS) is 20.8. The number of hydrogen-bond donors (Lipinski definition) is 1. The van der Waals surface area contributed by atoms with Gasteiger partial charge in [0.05, 0.1) is 0 Å². The van der Waals surface area contributed by atoms with Crippen molar-refractivity contribution in [1.82, 2.24) is 10.2 Å². The molecule has 3 nitrogen and oxygen atoms in total. The molecular weight excluding hydrogens is 284 g/mol. The van der Waals surface area contributed by atoms with Gasteiger partial charge in [-0.3, -0.25) is 4.79 Å². The lowest BCUT2D eigenvalue weighted by Gasteiger charge is -2.35. The van der Waals surface area contributed by atoms with Gasteiger partial charge in [0.15, 0.2) is 0 Å². The zero-order chi connectivity index (χ0) is 14.2. The van der Waals surface area contributed by atoms with Crippen molar-refractivity contribution in [2.45, 2.75) is 77.2 Å². The SMILES string of the molecule is CCCN(C(=O)CCC1CCCCC1)C1CCNCC1.Cl. The van der Waals surface area contributed by atoms with Crippen LogP contribution in [0.5, 0.6) is 0 Å². The van der Waals surface area contributed by atoms with E-state index in [4.69, 9.17) is 0 Å². The zero-order valence-electron chi connectivity index (χ0n) is 13.6. The first kappa shape index (κ1) is 18.8. The standard InChI is InChI=1S/C17H32N2O.ClH/c1-2-14-19(16-10-12-18-13-11-16)17(20)9-8-15-6-4-3-5-7-15;/h15-16,18H,2-14H2,1H3;1H. The van der Waals surface area contributed by atoms with Crippen molar-refractivity contribution in [3.63, 3.8) is 0 Å². The number of halogens is 1. The lowest BCUT2D eigenvalue weighted by Crippen LogP contribution is -2.46. The first-order valence-electron chi connectivity index (χ1n) is 8.81. The second-order valence-electron chi connectivity index (χ2n) is 6.61. The maximum Gasteiger partial charge on any atom is 0.222 e. The van der Waals surface area contributed by atoms with Crippen molar-refractivity contribution < 1.29 is 4.79 Å². The van der Waals surface area contributed by atoms with Gasteiger partial charge in [-0.25, -0.2) is 0 Å². The summed E-state index contributed by atoms with van der Waals surface area (Å²) in [7, 11) is 0. The first-order valence-corrected chi connectivity index (χ1v) is 8.81. The number of nitrogens with one attached hydrogen (secondary N) is 1. The molecule has 2 rings (SSSR count). The fourth-order valence-corrected chi connectivity index (χ4v) is 3.82. The van der Waals surface area contributed by atoms with Crippen molar-refractivity contribution in [2.24, 2.45) is 5.92 Å². The lowest BCUT2D eigenvalue weighted by atomic mass is 9.86. The van der Waals surface area contributed by atoms with Gasteiger partial charge in [-0.1, -0.05) is 39.0 Å². The molecule has 0 aromatic carbocycles. The highest BCUT2D eigenvalue weighted by molar-refractivity contribution is 5.85. The quantitative estimate of drug-likeness (QED) is 0.809. The van der Waals surface area contributed by atoms with E-state index in [9.17, 15) is 4.79 Å². The third kappa shape index (κ3) is 6.15. The minimum atomic E-state index is 0. The fourth-order valence-electron chi connectivity index (χ4n) is 3.82. The Morgan fingerprint density at radius 2 is 1.76 bits per heavy atom. The molecule has 0 spiro atoms. The van der Waals surface area contributed by atoms with Crippen LogP contribution in [0.1, 0.15) is 71.1 Å². The van der Waals surface area contributed by atoms with Crippen LogP contribution in [-0.2, 0) is 4.79 Å². The molecule has 1 saturated carbocycles. The number of carbonyl (C=O) groups excluding carboxylic acids is 1. The molecule has 1 N–H and O–H groups in total. The molecule has 0 atom stereocenters. The second kappa shape index (κ2) is 10.4. The van der Waals surface area contributed by atoms with Gasteiger partial charge in [-0.2, -0.15) is 0 Å². The van der Waals surface area contributed by atoms with Crippen LogP contribution in [0.25, 0.3) is 0 Å². The maximum atomic E-state index is 12.6. The lowest BCUT2D eigenvalue weighted by molar-refractivity contribution is -0.134. The van der Waals surface area contributed by atoms with E-state index in [1.807, 2.05) is 0 Å². The maximum absolute atomic E-state index is 12.6. The van der Waals surface area contributed by atoms with Gasteiger partial charge in [0, 0.05) is 19.0 Å². The van der Waals surface area contributed by atoms with Gasteiger partial charge >= 0.3 is 0 Å². The van der Waals surface area contributed by atoms with E-state index in [2.05, 4.69) is 17.1 Å². The van der Waals surface area contributed by atoms with Gasteiger partial charge in [-0.15, -0.1) is 12.4 Å². The summed E-state index contributed by atoms with van der Waals surface area (Å²) >= 11 is 0. The summed E-state index contributed by atoms with van der Waals surface area (Å²) in [5.41, 5.74) is 0. The van der Waals surface area contributed by atoms with Crippen molar-refractivity contribution in [2.75, 3.05) is 19.6 Å². The third-order valence-electron chi connectivity index (χ3n) is 5.03. The fraction of sp³-hybridized carbons (Fsp3) is 0.941. The van der Waals surface area contributed by atoms with Crippen LogP contribution in [0.3, 0.4) is 0 Å². The molecule has 1 saturated heterocycles. The summed E-state index contributed by atoms with van der Waals surface area (Å²) in [6.07, 6.45) is 12.1. The third-order valence-corrected chi connectivity index (χ3v) is 5.03. The smallest absolute Gasteiger partial charge is 0.222 e. The van der Waals surface area contributed by atoms with Crippen LogP contribution in [0, 0.1) is 5.92 Å². The average Bonchev–Trinajstić information content (AvgIpc) is 2.52. The Bertz CT molecular complexity index is 287. The molecule has 1 aliphatic carbocycles. The highest BCUT2D eigenvalue weighted by Crippen LogP contribution is 2.28. The van der Waals surface area contributed by atoms with Crippen molar-refractivity contribution in [1.29, 1.82) is 0 Å². The second-order valence-corrected chi connectivity index (χ2v) is 6.61. The van der Waals surface area contributed by atoms with Crippen LogP contribution in [0.4, 0.5) is 0 Å². The van der Waals surface area contributed by atoms with Crippen LogP contribution >= 0.6 is 12.4 Å². The number of rotatable bonds is 6. The Morgan fingerprint density at radius 3 is 2.38 bits per heavy atom. The molecule has 0 bridgehead atoms. The molecule has 1 amide bonds. The zero-order valence-corrected chi connectivity index (χ0v) is 14.4. The highest BCUT2D eigenvalue weighted by Gasteiger charge is 2.25. The van der Waals surface area contributed by atoms with E-state index in [0.29, 0.717) is 11.9 Å². The summed E-state index contributed by atoms with van der Waals surface area (Å²) in [5.74, 6) is 1.24. The van der Waals surface area contributed by atoms with Gasteiger partial charge in [-0.05, 0) is 44.7 Å². The molecule has 2 fully saturated rings. The minimum Gasteiger partial charge on any atom is -0.340 e. The topological polar surface area (TPSA) is 32.3 Å². The Kier molecular flexibility index (Phi) is 9.34. The van der Waals surface area contributed by atoms with Gasteiger partial charge in [0.2, 0.25) is 5.91 Å². The van der Waals surface area contributed by atoms with E-state index in [1.54, 1.807) is 0 Å². The van der Waals surface area contributed by atoms with E-state index in [1.165, 1.54) is 32.1 Å². The molecule has 1 aliphatic heterocycles. The highest BCUT2D eigenvalue weighted by atomic mass is 35.5. The Balaban J connectivity index is 0.00000220. The van der Waals surface area contributed by atoms with Crippen molar-refractivity contribution in [3.8, 4) is 0 Å². The summed E-state index contributed by atoms with van der Waals surface area (Å²) in [6.45, 7) is 5.28. The van der Waals surface area contributed by atoms with E-state index < -0.39 is 0 Å². The summed E-state index contributed by atoms with van der Waals surface area (Å²) in [4.78, 5) is 14.8. The van der Waals surface area contributed by atoms with Crippen LogP contribution in [0.2, 0.25) is 0 Å². The number of amides is 1. The van der Waals surface area contributed by atoms with Crippen LogP contribution in [-0.4, -0.2) is 36.5 Å². The molecule has 4 heteroatoms. The summed E-state index contributed by atoms with van der Waals surface area (Å²) in [5, 5.41) is 3.40. The molecule has 21 heavy (non-hydrogen) atoms. The summed E-state index contributed by atoms with van der Waals surface area (Å²) in [6, 6.07) is 0.495. The molecular formula is C17H33ClN2O. The molecule has 2 aliphatic rings. The average molecular weight is 317 g/mol. The van der Waals surface area contributed by atoms with Gasteiger partial charge < -0.3 is 10.2 Å². The van der Waals surface area contributed by atoms with Crippen molar-refractivity contribution >= 4 is 18.3 Å². The molecule has 0 unspecified atom stereocenters. The van der Waals surface area contributed by atoms with E-state index in [-0.39, 0.29) is 12.4 Å². The van der Waals surface area contributed by atoms with Gasteiger partial charge in [0.25, 0.3) is 0 Å². The molecule has 124 valence electrons. The molecule has 0 aromatic rings. The number of hydrogen-bond acceptors (Lipinski definition) is 2. The molecule has 0 radical (unpaired) electrons. The van der Waals surface area contributed by atoms with E-state index >= 15 is 0 Å². The number of piperidine rings is 1. The summed E-state index contributed by atoms with van der Waals surface area (Å²) < 4.78 is 0. The monoisotopic (exact) mass is 316 g/mol. The Labute approximate surface area is 136 Å². The number of carbonyl (C=O) groups is 1. The Morgan fingerprint density at radius 1 is 1.10 bits per heavy atom. The number of nitrogens with zero attached hydrogens (tertiary/aromatic N) is 1.